The normalized spacial score (nSPS) is 11.2. The van der Waals surface area contributed by atoms with Crippen LogP contribution in [0.3, 0.4) is 0 Å². The molecule has 5 aromatic rings. The lowest BCUT2D eigenvalue weighted by Crippen LogP contribution is -1.99. The second-order valence-electron chi connectivity index (χ2n) is 5.96. The lowest BCUT2D eigenvalue weighted by atomic mass is 10.1. The molecule has 0 aliphatic heterocycles. The molecule has 1 N–H and O–H groups in total. The van der Waals surface area contributed by atoms with Crippen molar-refractivity contribution in [2.24, 2.45) is 0 Å². The molecular weight excluding hydrogens is 328 g/mol. The van der Waals surface area contributed by atoms with E-state index in [1.165, 1.54) is 0 Å². The number of aromatic amines is 1. The lowest BCUT2D eigenvalue weighted by Gasteiger charge is -2.03. The number of hydrogen-bond donors (Lipinski definition) is 1. The first kappa shape index (κ1) is 14.6. The molecular formula is C19H14N6O. The molecule has 5 rings (SSSR count). The summed E-state index contributed by atoms with van der Waals surface area (Å²) in [6.45, 7) is 0.693. The Kier molecular flexibility index (Phi) is 3.35. The number of fused-ring (bicyclic) bond motifs is 1. The summed E-state index contributed by atoms with van der Waals surface area (Å²) in [6, 6.07) is 15.8. The number of H-pyrrole nitrogens is 1. The van der Waals surface area contributed by atoms with Crippen molar-refractivity contribution in [3.63, 3.8) is 0 Å². The standard InChI is InChI=1S/C19H14N6O/c1-3-13(11-25-8-2-7-22-25)9-15(4-1)19-23-18(24-26-19)14-5-6-16-17(10-14)21-12-20-16/h1-10,12H,11H2,(H,20,21). The Morgan fingerprint density at radius 2 is 2.04 bits per heavy atom. The van der Waals surface area contributed by atoms with Crippen molar-refractivity contribution in [2.75, 3.05) is 0 Å². The van der Waals surface area contributed by atoms with Crippen molar-refractivity contribution in [3.05, 3.63) is 72.8 Å². The van der Waals surface area contributed by atoms with Crippen molar-refractivity contribution in [1.29, 1.82) is 0 Å². The molecule has 0 amide bonds. The van der Waals surface area contributed by atoms with Crippen LogP contribution in [0.2, 0.25) is 0 Å². The maximum Gasteiger partial charge on any atom is 0.258 e. The van der Waals surface area contributed by atoms with Crippen molar-refractivity contribution >= 4 is 11.0 Å². The van der Waals surface area contributed by atoms with Crippen molar-refractivity contribution in [2.45, 2.75) is 6.54 Å². The SMILES string of the molecule is c1cc(Cn2cccn2)cc(-c2nc(-c3ccc4nc[nH]c4c3)no2)c1. The number of hydrogen-bond acceptors (Lipinski definition) is 5. The summed E-state index contributed by atoms with van der Waals surface area (Å²) in [5.41, 5.74) is 4.73. The summed E-state index contributed by atoms with van der Waals surface area (Å²) in [7, 11) is 0. The Bertz CT molecular complexity index is 1170. The molecule has 0 saturated heterocycles. The van der Waals surface area contributed by atoms with Crippen molar-refractivity contribution in [3.8, 4) is 22.8 Å². The van der Waals surface area contributed by atoms with Gasteiger partial charge in [0.05, 0.1) is 23.9 Å². The zero-order chi connectivity index (χ0) is 17.3. The molecule has 0 aliphatic rings. The van der Waals surface area contributed by atoms with Gasteiger partial charge in [-0.15, -0.1) is 0 Å². The van der Waals surface area contributed by atoms with E-state index >= 15 is 0 Å². The smallest absolute Gasteiger partial charge is 0.258 e. The molecule has 0 spiro atoms. The predicted molar refractivity (Wildman–Crippen MR) is 96.2 cm³/mol. The maximum atomic E-state index is 5.48. The van der Waals surface area contributed by atoms with Crippen LogP contribution < -0.4 is 0 Å². The van der Waals surface area contributed by atoms with E-state index in [0.29, 0.717) is 18.3 Å². The summed E-state index contributed by atoms with van der Waals surface area (Å²) < 4.78 is 7.35. The third kappa shape index (κ3) is 2.65. The molecule has 3 heterocycles. The van der Waals surface area contributed by atoms with E-state index in [1.54, 1.807) is 12.5 Å². The van der Waals surface area contributed by atoms with Crippen LogP contribution in [-0.2, 0) is 6.54 Å². The fourth-order valence-electron chi connectivity index (χ4n) is 2.92. The van der Waals surface area contributed by atoms with Crippen LogP contribution in [0.15, 0.2) is 71.8 Å². The molecule has 0 radical (unpaired) electrons. The summed E-state index contributed by atoms with van der Waals surface area (Å²) in [5, 5.41) is 8.36. The van der Waals surface area contributed by atoms with Gasteiger partial charge in [0.25, 0.3) is 5.89 Å². The first-order chi connectivity index (χ1) is 12.8. The van der Waals surface area contributed by atoms with E-state index in [0.717, 1.165) is 27.7 Å². The summed E-state index contributed by atoms with van der Waals surface area (Å²) in [5.74, 6) is 1.04. The minimum atomic E-state index is 0.493. The third-order valence-corrected chi connectivity index (χ3v) is 4.18. The van der Waals surface area contributed by atoms with Crippen molar-refractivity contribution in [1.82, 2.24) is 29.9 Å². The molecule has 7 nitrogen and oxygen atoms in total. The first-order valence-corrected chi connectivity index (χ1v) is 8.19. The Hall–Kier alpha value is -3.74. The van der Waals surface area contributed by atoms with Gasteiger partial charge in [-0.05, 0) is 42.0 Å². The van der Waals surface area contributed by atoms with Gasteiger partial charge in [0, 0.05) is 23.5 Å². The summed E-state index contributed by atoms with van der Waals surface area (Å²) >= 11 is 0. The number of rotatable bonds is 4. The molecule has 3 aromatic heterocycles. The average Bonchev–Trinajstić information content (AvgIpc) is 3.42. The number of benzene rings is 2. The monoisotopic (exact) mass is 342 g/mol. The molecule has 126 valence electrons. The summed E-state index contributed by atoms with van der Waals surface area (Å²) in [4.78, 5) is 11.9. The highest BCUT2D eigenvalue weighted by atomic mass is 16.5. The topological polar surface area (TPSA) is 85.4 Å². The quantitative estimate of drug-likeness (QED) is 0.540. The maximum absolute atomic E-state index is 5.48. The van der Waals surface area contributed by atoms with E-state index in [1.807, 2.05) is 53.3 Å². The highest BCUT2D eigenvalue weighted by Gasteiger charge is 2.12. The van der Waals surface area contributed by atoms with Crippen LogP contribution in [-0.4, -0.2) is 29.9 Å². The van der Waals surface area contributed by atoms with Crippen LogP contribution in [0.5, 0.6) is 0 Å². The Balaban J connectivity index is 1.46. The molecule has 0 fully saturated rings. The van der Waals surface area contributed by atoms with Gasteiger partial charge < -0.3 is 9.51 Å². The molecule has 0 aliphatic carbocycles. The van der Waals surface area contributed by atoms with E-state index in [4.69, 9.17) is 4.52 Å². The van der Waals surface area contributed by atoms with E-state index < -0.39 is 0 Å². The Morgan fingerprint density at radius 1 is 1.04 bits per heavy atom. The Morgan fingerprint density at radius 3 is 2.96 bits per heavy atom. The van der Waals surface area contributed by atoms with Crippen LogP contribution in [0.1, 0.15) is 5.56 Å². The average molecular weight is 342 g/mol. The molecule has 7 heteroatoms. The van der Waals surface area contributed by atoms with Crippen LogP contribution in [0.25, 0.3) is 33.9 Å². The fraction of sp³-hybridized carbons (Fsp3) is 0.0526. The zero-order valence-electron chi connectivity index (χ0n) is 13.7. The highest BCUT2D eigenvalue weighted by Crippen LogP contribution is 2.25. The summed E-state index contributed by atoms with van der Waals surface area (Å²) in [6.07, 6.45) is 5.37. The largest absolute Gasteiger partial charge is 0.345 e. The van der Waals surface area contributed by atoms with Gasteiger partial charge in [0.15, 0.2) is 0 Å². The van der Waals surface area contributed by atoms with Gasteiger partial charge in [0.1, 0.15) is 0 Å². The van der Waals surface area contributed by atoms with Gasteiger partial charge in [-0.3, -0.25) is 4.68 Å². The van der Waals surface area contributed by atoms with E-state index in [-0.39, 0.29) is 0 Å². The second-order valence-corrected chi connectivity index (χ2v) is 5.96. The number of imidazole rings is 1. The molecule has 0 bridgehead atoms. The predicted octanol–water partition coefficient (Wildman–Crippen LogP) is 3.52. The number of nitrogens with one attached hydrogen (secondary N) is 1. The first-order valence-electron chi connectivity index (χ1n) is 8.19. The Labute approximate surface area is 148 Å². The molecule has 0 unspecified atom stereocenters. The van der Waals surface area contributed by atoms with Gasteiger partial charge in [0.2, 0.25) is 5.82 Å². The van der Waals surface area contributed by atoms with E-state index in [2.05, 4.69) is 31.3 Å². The lowest BCUT2D eigenvalue weighted by molar-refractivity contribution is 0.432. The van der Waals surface area contributed by atoms with Gasteiger partial charge in [-0.25, -0.2) is 4.98 Å². The minimum Gasteiger partial charge on any atom is -0.345 e. The van der Waals surface area contributed by atoms with Gasteiger partial charge >= 0.3 is 0 Å². The zero-order valence-corrected chi connectivity index (χ0v) is 13.7. The van der Waals surface area contributed by atoms with E-state index in [9.17, 15) is 0 Å². The van der Waals surface area contributed by atoms with Gasteiger partial charge in [-0.1, -0.05) is 17.3 Å². The van der Waals surface area contributed by atoms with Crippen LogP contribution in [0.4, 0.5) is 0 Å². The second kappa shape index (κ2) is 5.96. The number of aromatic nitrogens is 6. The molecule has 0 saturated carbocycles. The van der Waals surface area contributed by atoms with Crippen LogP contribution in [0, 0.1) is 0 Å². The van der Waals surface area contributed by atoms with Gasteiger partial charge in [-0.2, -0.15) is 10.1 Å². The minimum absolute atomic E-state index is 0.493. The van der Waals surface area contributed by atoms with Crippen molar-refractivity contribution < 1.29 is 4.52 Å². The fourth-order valence-corrected chi connectivity index (χ4v) is 2.92. The highest BCUT2D eigenvalue weighted by molar-refractivity contribution is 5.80. The molecule has 0 atom stereocenters. The molecule has 2 aromatic carbocycles. The number of nitrogens with zero attached hydrogens (tertiary/aromatic N) is 5. The molecule has 26 heavy (non-hydrogen) atoms. The third-order valence-electron chi connectivity index (χ3n) is 4.18. The van der Waals surface area contributed by atoms with Crippen LogP contribution >= 0.6 is 0 Å².